The van der Waals surface area contributed by atoms with Crippen molar-refractivity contribution < 1.29 is 19.1 Å². The lowest BCUT2D eigenvalue weighted by Crippen LogP contribution is -2.51. The Bertz CT molecular complexity index is 934. The van der Waals surface area contributed by atoms with Gasteiger partial charge in [0.1, 0.15) is 0 Å². The van der Waals surface area contributed by atoms with Crippen molar-refractivity contribution in [1.82, 2.24) is 19.6 Å². The molecule has 0 spiro atoms. The van der Waals surface area contributed by atoms with Crippen molar-refractivity contribution in [2.24, 2.45) is 0 Å². The molecule has 4 amide bonds. The Labute approximate surface area is 213 Å². The number of hydrogen-bond acceptors (Lipinski definition) is 5. The van der Waals surface area contributed by atoms with Gasteiger partial charge in [-0.1, -0.05) is 24.6 Å². The van der Waals surface area contributed by atoms with E-state index in [-0.39, 0.29) is 24.6 Å². The number of urea groups is 1. The monoisotopic (exact) mass is 497 g/mol. The van der Waals surface area contributed by atoms with Crippen molar-refractivity contribution in [2.45, 2.75) is 63.5 Å². The predicted molar refractivity (Wildman–Crippen MR) is 137 cm³/mol. The number of rotatable bonds is 4. The lowest BCUT2D eigenvalue weighted by atomic mass is 10.00. The van der Waals surface area contributed by atoms with E-state index in [0.717, 1.165) is 43.6 Å². The highest BCUT2D eigenvalue weighted by Crippen LogP contribution is 2.25. The van der Waals surface area contributed by atoms with Gasteiger partial charge >= 0.3 is 12.1 Å². The maximum Gasteiger partial charge on any atom is 0.410 e. The molecule has 4 heterocycles. The molecule has 0 unspecified atom stereocenters. The third kappa shape index (κ3) is 5.77. The van der Waals surface area contributed by atoms with E-state index >= 15 is 0 Å². The third-order valence-electron chi connectivity index (χ3n) is 8.35. The van der Waals surface area contributed by atoms with Gasteiger partial charge in [0, 0.05) is 50.5 Å². The highest BCUT2D eigenvalue weighted by Gasteiger charge is 2.32. The fourth-order valence-electron chi connectivity index (χ4n) is 6.17. The molecule has 0 saturated carbocycles. The van der Waals surface area contributed by atoms with Crippen molar-refractivity contribution in [1.29, 1.82) is 0 Å². The number of fused-ring (bicyclic) bond motifs is 1. The number of carbonyl (C=O) groups is 3. The van der Waals surface area contributed by atoms with Gasteiger partial charge in [-0.2, -0.15) is 0 Å². The molecule has 3 saturated heterocycles. The van der Waals surface area contributed by atoms with Gasteiger partial charge in [0.2, 0.25) is 0 Å². The van der Waals surface area contributed by atoms with Gasteiger partial charge in [0.25, 0.3) is 5.91 Å². The van der Waals surface area contributed by atoms with Crippen LogP contribution in [0.15, 0.2) is 24.3 Å². The molecule has 4 aliphatic heterocycles. The number of para-hydroxylation sites is 1. The number of hydrogen-bond donors (Lipinski definition) is 1. The minimum Gasteiger partial charge on any atom is -0.439 e. The normalized spacial score (nSPS) is 22.6. The Kier molecular flexibility index (Phi) is 7.94. The lowest BCUT2D eigenvalue weighted by molar-refractivity contribution is -0.136. The number of piperidine rings is 3. The Balaban J connectivity index is 1.02. The Morgan fingerprint density at radius 2 is 1.50 bits per heavy atom. The summed E-state index contributed by atoms with van der Waals surface area (Å²) in [6, 6.07) is 8.51. The smallest absolute Gasteiger partial charge is 0.410 e. The van der Waals surface area contributed by atoms with E-state index in [1.54, 1.807) is 4.90 Å². The first-order valence-corrected chi connectivity index (χ1v) is 13.7. The first-order valence-electron chi connectivity index (χ1n) is 13.7. The molecule has 1 N–H and O–H groups in total. The van der Waals surface area contributed by atoms with Gasteiger partial charge in [-0.05, 0) is 69.7 Å². The van der Waals surface area contributed by atoms with E-state index in [4.69, 9.17) is 4.74 Å². The molecule has 0 aromatic heterocycles. The summed E-state index contributed by atoms with van der Waals surface area (Å²) in [4.78, 5) is 46.1. The van der Waals surface area contributed by atoms with Crippen molar-refractivity contribution in [3.8, 4) is 0 Å². The Morgan fingerprint density at radius 3 is 2.25 bits per heavy atom. The highest BCUT2D eigenvalue weighted by atomic mass is 16.6. The third-order valence-corrected chi connectivity index (χ3v) is 8.35. The molecule has 1 aromatic rings. The first-order chi connectivity index (χ1) is 17.6. The molecule has 196 valence electrons. The van der Waals surface area contributed by atoms with E-state index in [2.05, 4.69) is 16.3 Å². The quantitative estimate of drug-likeness (QED) is 0.691. The number of anilines is 1. The fraction of sp³-hybridized carbons (Fsp3) is 0.667. The van der Waals surface area contributed by atoms with Crippen LogP contribution in [0.4, 0.5) is 15.3 Å². The summed E-state index contributed by atoms with van der Waals surface area (Å²) in [6.45, 7) is 5.37. The van der Waals surface area contributed by atoms with E-state index in [9.17, 15) is 14.4 Å². The van der Waals surface area contributed by atoms with Gasteiger partial charge in [-0.3, -0.25) is 4.79 Å². The van der Waals surface area contributed by atoms with E-state index in [0.29, 0.717) is 38.5 Å². The number of likely N-dealkylation sites (tertiary alicyclic amines) is 3. The molecule has 9 heteroatoms. The lowest BCUT2D eigenvalue weighted by Gasteiger charge is -2.40. The topological polar surface area (TPSA) is 85.4 Å². The largest absolute Gasteiger partial charge is 0.439 e. The Hall–Kier alpha value is -2.81. The number of amides is 4. The van der Waals surface area contributed by atoms with Crippen LogP contribution in [0.5, 0.6) is 0 Å². The van der Waals surface area contributed by atoms with Gasteiger partial charge in [0.05, 0.1) is 0 Å². The molecule has 0 bridgehead atoms. The second-order valence-corrected chi connectivity index (χ2v) is 10.5. The van der Waals surface area contributed by atoms with Crippen LogP contribution in [0.25, 0.3) is 0 Å². The van der Waals surface area contributed by atoms with Crippen molar-refractivity contribution in [3.63, 3.8) is 0 Å². The zero-order valence-corrected chi connectivity index (χ0v) is 21.2. The number of benzene rings is 1. The molecule has 0 radical (unpaired) electrons. The van der Waals surface area contributed by atoms with Crippen molar-refractivity contribution in [2.75, 3.05) is 57.7 Å². The van der Waals surface area contributed by atoms with E-state index < -0.39 is 6.09 Å². The summed E-state index contributed by atoms with van der Waals surface area (Å²) in [5.74, 6) is -0.101. The van der Waals surface area contributed by atoms with Crippen LogP contribution in [0, 0.1) is 0 Å². The SMILES string of the molecule is O=C(COC(=O)N1CCC(N2CCc3ccccc3NC2=O)CC1)N1CCC(N2CCCCC2)CC1. The maximum atomic E-state index is 12.8. The van der Waals surface area contributed by atoms with Gasteiger partial charge in [-0.25, -0.2) is 9.59 Å². The van der Waals surface area contributed by atoms with E-state index in [1.165, 1.54) is 32.4 Å². The summed E-state index contributed by atoms with van der Waals surface area (Å²) in [5, 5.41) is 3.03. The number of nitrogens with one attached hydrogen (secondary N) is 1. The zero-order valence-electron chi connectivity index (χ0n) is 21.2. The predicted octanol–water partition coefficient (Wildman–Crippen LogP) is 3.15. The second kappa shape index (κ2) is 11.5. The molecule has 36 heavy (non-hydrogen) atoms. The molecular weight excluding hydrogens is 458 g/mol. The molecular formula is C27H39N5O4. The van der Waals surface area contributed by atoms with Crippen LogP contribution in [-0.2, 0) is 16.0 Å². The molecule has 0 atom stereocenters. The number of carbonyl (C=O) groups excluding carboxylic acids is 3. The highest BCUT2D eigenvalue weighted by molar-refractivity contribution is 5.91. The van der Waals surface area contributed by atoms with Crippen LogP contribution in [0.3, 0.4) is 0 Å². The summed E-state index contributed by atoms with van der Waals surface area (Å²) >= 11 is 0. The zero-order chi connectivity index (χ0) is 24.9. The summed E-state index contributed by atoms with van der Waals surface area (Å²) in [7, 11) is 0. The Morgan fingerprint density at radius 1 is 0.833 bits per heavy atom. The van der Waals surface area contributed by atoms with Crippen LogP contribution in [0.2, 0.25) is 0 Å². The number of nitrogens with zero attached hydrogens (tertiary/aromatic N) is 4. The van der Waals surface area contributed by atoms with E-state index in [1.807, 2.05) is 28.0 Å². The standard InChI is InChI=1S/C27H39N5O4/c33-25(30-15-9-22(10-16-30)29-13-4-1-5-14-29)20-36-27(35)31-17-11-23(12-18-31)32-19-8-21-6-2-3-7-24(21)28-26(32)34/h2-3,6-7,22-23H,1,4-5,8-20H2,(H,28,34). The van der Waals surface area contributed by atoms with Gasteiger partial charge in [-0.15, -0.1) is 0 Å². The summed E-state index contributed by atoms with van der Waals surface area (Å²) in [5.41, 5.74) is 2.03. The average molecular weight is 498 g/mol. The fourth-order valence-corrected chi connectivity index (χ4v) is 6.17. The molecule has 5 rings (SSSR count). The molecule has 3 fully saturated rings. The molecule has 1 aromatic carbocycles. The van der Waals surface area contributed by atoms with Gasteiger partial charge in [0.15, 0.2) is 6.61 Å². The second-order valence-electron chi connectivity index (χ2n) is 10.5. The minimum atomic E-state index is -0.433. The van der Waals surface area contributed by atoms with Crippen molar-refractivity contribution >= 4 is 23.7 Å². The minimum absolute atomic E-state index is 0.0735. The van der Waals surface area contributed by atoms with Crippen molar-refractivity contribution in [3.05, 3.63) is 29.8 Å². The van der Waals surface area contributed by atoms with Gasteiger partial charge < -0.3 is 29.7 Å². The van der Waals surface area contributed by atoms with Crippen LogP contribution in [0.1, 0.15) is 50.5 Å². The summed E-state index contributed by atoms with van der Waals surface area (Å²) in [6.07, 6.45) is 7.70. The molecule has 0 aliphatic carbocycles. The van der Waals surface area contributed by atoms with Crippen LogP contribution in [-0.4, -0.2) is 102 Å². The van der Waals surface area contributed by atoms with Crippen LogP contribution >= 0.6 is 0 Å². The average Bonchev–Trinajstić information content (AvgIpc) is 3.10. The number of ether oxygens (including phenoxy) is 1. The molecule has 4 aliphatic rings. The van der Waals surface area contributed by atoms with Crippen LogP contribution < -0.4 is 5.32 Å². The summed E-state index contributed by atoms with van der Waals surface area (Å²) < 4.78 is 5.40. The molecule has 9 nitrogen and oxygen atoms in total. The first kappa shape index (κ1) is 24.9. The maximum absolute atomic E-state index is 12.8.